The van der Waals surface area contributed by atoms with Crippen molar-refractivity contribution in [2.24, 2.45) is 0 Å². The molecule has 2 atom stereocenters. The molecule has 1 aliphatic heterocycles. The van der Waals surface area contributed by atoms with Crippen LogP contribution in [0.4, 0.5) is 0 Å². The maximum Gasteiger partial charge on any atom is 0.322 e. The lowest BCUT2D eigenvalue weighted by Gasteiger charge is -2.21. The summed E-state index contributed by atoms with van der Waals surface area (Å²) in [6.07, 6.45) is -0.457. The first kappa shape index (κ1) is 19.2. The molecule has 0 aliphatic carbocycles. The van der Waals surface area contributed by atoms with Gasteiger partial charge in [-0.05, 0) is 42.8 Å². The summed E-state index contributed by atoms with van der Waals surface area (Å²) < 4.78 is 38.1. The summed E-state index contributed by atoms with van der Waals surface area (Å²) in [7, 11) is -2.49. The fourth-order valence-corrected chi connectivity index (χ4v) is 4.89. The number of hydrogen-bond acceptors (Lipinski definition) is 5. The normalized spacial score (nSPS) is 20.4. The van der Waals surface area contributed by atoms with Gasteiger partial charge >= 0.3 is 5.97 Å². The van der Waals surface area contributed by atoms with Crippen molar-refractivity contribution < 1.29 is 27.8 Å². The van der Waals surface area contributed by atoms with E-state index in [0.717, 1.165) is 4.31 Å². The zero-order valence-corrected chi connectivity index (χ0v) is 15.8. The number of aryl methyl sites for hydroxylation is 1. The third-order valence-corrected chi connectivity index (χ3v) is 6.39. The Balaban J connectivity index is 1.88. The second-order valence-electron chi connectivity index (χ2n) is 6.35. The molecule has 7 nitrogen and oxygen atoms in total. The third-order valence-electron chi connectivity index (χ3n) is 4.52. The number of carbonyl (C=O) groups is 1. The average molecular weight is 391 g/mol. The molecule has 0 radical (unpaired) electrons. The van der Waals surface area contributed by atoms with E-state index in [4.69, 9.17) is 9.47 Å². The monoisotopic (exact) mass is 391 g/mol. The Hall–Kier alpha value is -2.58. The van der Waals surface area contributed by atoms with Gasteiger partial charge in [0, 0.05) is 6.42 Å². The Kier molecular flexibility index (Phi) is 5.38. The Morgan fingerprint density at radius 3 is 2.48 bits per heavy atom. The van der Waals surface area contributed by atoms with Crippen LogP contribution in [0, 0.1) is 6.92 Å². The quantitative estimate of drug-likeness (QED) is 0.812. The highest BCUT2D eigenvalue weighted by Gasteiger charge is 2.45. The SMILES string of the molecule is COc1ccc(S(=O)(=O)N2C[C@@H](Oc3ccccc3)C[C@H]2C(=O)O)cc1C. The highest BCUT2D eigenvalue weighted by Crippen LogP contribution is 2.31. The number of benzene rings is 2. The van der Waals surface area contributed by atoms with E-state index in [1.54, 1.807) is 37.3 Å². The largest absolute Gasteiger partial charge is 0.496 e. The van der Waals surface area contributed by atoms with Gasteiger partial charge in [-0.2, -0.15) is 4.31 Å². The Labute approximate surface area is 158 Å². The number of hydrogen-bond donors (Lipinski definition) is 1. The molecule has 2 aromatic carbocycles. The zero-order valence-electron chi connectivity index (χ0n) is 15.0. The number of ether oxygens (including phenoxy) is 2. The van der Waals surface area contributed by atoms with Crippen LogP contribution < -0.4 is 9.47 Å². The van der Waals surface area contributed by atoms with Crippen LogP contribution in [-0.2, 0) is 14.8 Å². The van der Waals surface area contributed by atoms with Crippen molar-refractivity contribution in [1.29, 1.82) is 0 Å². The van der Waals surface area contributed by atoms with Gasteiger partial charge in [-0.25, -0.2) is 8.42 Å². The van der Waals surface area contributed by atoms with Crippen LogP contribution in [0.1, 0.15) is 12.0 Å². The van der Waals surface area contributed by atoms with Crippen molar-refractivity contribution in [1.82, 2.24) is 4.31 Å². The molecule has 0 amide bonds. The lowest BCUT2D eigenvalue weighted by molar-refractivity contribution is -0.140. The van der Waals surface area contributed by atoms with E-state index in [1.807, 2.05) is 6.07 Å². The summed E-state index contributed by atoms with van der Waals surface area (Å²) in [5.41, 5.74) is 0.654. The smallest absolute Gasteiger partial charge is 0.322 e. The fourth-order valence-electron chi connectivity index (χ4n) is 3.18. The van der Waals surface area contributed by atoms with E-state index in [1.165, 1.54) is 19.2 Å². The number of carboxylic acids is 1. The zero-order chi connectivity index (χ0) is 19.6. The predicted molar refractivity (Wildman–Crippen MR) is 98.5 cm³/mol. The van der Waals surface area contributed by atoms with Gasteiger partial charge in [0.25, 0.3) is 0 Å². The molecule has 144 valence electrons. The van der Waals surface area contributed by atoms with E-state index in [-0.39, 0.29) is 17.9 Å². The lowest BCUT2D eigenvalue weighted by atomic mass is 10.2. The summed E-state index contributed by atoms with van der Waals surface area (Å²) in [6, 6.07) is 12.2. The van der Waals surface area contributed by atoms with Crippen molar-refractivity contribution in [3.05, 3.63) is 54.1 Å². The van der Waals surface area contributed by atoms with E-state index < -0.39 is 28.1 Å². The van der Waals surface area contributed by atoms with Gasteiger partial charge in [0.2, 0.25) is 10.0 Å². The lowest BCUT2D eigenvalue weighted by Crippen LogP contribution is -2.40. The summed E-state index contributed by atoms with van der Waals surface area (Å²) in [5.74, 6) is -0.0513. The van der Waals surface area contributed by atoms with E-state index in [9.17, 15) is 18.3 Å². The van der Waals surface area contributed by atoms with Crippen molar-refractivity contribution in [2.45, 2.75) is 30.4 Å². The van der Waals surface area contributed by atoms with Crippen LogP contribution in [0.25, 0.3) is 0 Å². The van der Waals surface area contributed by atoms with Crippen LogP contribution in [0.5, 0.6) is 11.5 Å². The minimum absolute atomic E-state index is 0.0285. The summed E-state index contributed by atoms with van der Waals surface area (Å²) in [6.45, 7) is 1.71. The molecule has 0 unspecified atom stereocenters. The molecule has 27 heavy (non-hydrogen) atoms. The molecule has 0 spiro atoms. The number of carboxylic acid groups (broad SMARTS) is 1. The number of nitrogens with zero attached hydrogens (tertiary/aromatic N) is 1. The van der Waals surface area contributed by atoms with Gasteiger partial charge in [0.15, 0.2) is 0 Å². The molecular formula is C19H21NO6S. The minimum atomic E-state index is -3.99. The molecular weight excluding hydrogens is 370 g/mol. The highest BCUT2D eigenvalue weighted by atomic mass is 32.2. The first-order valence-corrected chi connectivity index (χ1v) is 9.88. The van der Waals surface area contributed by atoms with Crippen LogP contribution in [-0.4, -0.2) is 49.6 Å². The molecule has 0 aromatic heterocycles. The molecule has 1 fully saturated rings. The average Bonchev–Trinajstić information content (AvgIpc) is 3.07. The highest BCUT2D eigenvalue weighted by molar-refractivity contribution is 7.89. The summed E-state index contributed by atoms with van der Waals surface area (Å²) in [4.78, 5) is 11.7. The van der Waals surface area contributed by atoms with Gasteiger partial charge in [0.05, 0.1) is 18.6 Å². The van der Waals surface area contributed by atoms with E-state index in [0.29, 0.717) is 17.1 Å². The number of rotatable bonds is 6. The van der Waals surface area contributed by atoms with E-state index >= 15 is 0 Å². The Morgan fingerprint density at radius 1 is 1.19 bits per heavy atom. The predicted octanol–water partition coefficient (Wildman–Crippen LogP) is 2.30. The van der Waals surface area contributed by atoms with Crippen LogP contribution in [0.3, 0.4) is 0 Å². The summed E-state index contributed by atoms with van der Waals surface area (Å²) >= 11 is 0. The maximum absolute atomic E-state index is 13.1. The maximum atomic E-state index is 13.1. The number of aliphatic carboxylic acids is 1. The number of para-hydroxylation sites is 1. The first-order valence-electron chi connectivity index (χ1n) is 8.44. The Morgan fingerprint density at radius 2 is 1.89 bits per heavy atom. The van der Waals surface area contributed by atoms with Gasteiger partial charge in [0.1, 0.15) is 23.6 Å². The van der Waals surface area contributed by atoms with Crippen molar-refractivity contribution in [3.8, 4) is 11.5 Å². The third kappa shape index (κ3) is 3.91. The first-order chi connectivity index (χ1) is 12.8. The topological polar surface area (TPSA) is 93.1 Å². The van der Waals surface area contributed by atoms with Crippen molar-refractivity contribution >= 4 is 16.0 Å². The second kappa shape index (κ2) is 7.58. The molecule has 1 aliphatic rings. The number of sulfonamides is 1. The van der Waals surface area contributed by atoms with Crippen molar-refractivity contribution in [2.75, 3.05) is 13.7 Å². The van der Waals surface area contributed by atoms with Gasteiger partial charge < -0.3 is 14.6 Å². The second-order valence-corrected chi connectivity index (χ2v) is 8.24. The van der Waals surface area contributed by atoms with Crippen LogP contribution in [0.2, 0.25) is 0 Å². The van der Waals surface area contributed by atoms with Crippen LogP contribution >= 0.6 is 0 Å². The minimum Gasteiger partial charge on any atom is -0.496 e. The molecule has 0 bridgehead atoms. The number of methoxy groups -OCH3 is 1. The van der Waals surface area contributed by atoms with Gasteiger partial charge in [-0.1, -0.05) is 18.2 Å². The molecule has 8 heteroatoms. The molecule has 1 saturated heterocycles. The molecule has 1 N–H and O–H groups in total. The Bertz CT molecular complexity index is 928. The van der Waals surface area contributed by atoms with Crippen LogP contribution in [0.15, 0.2) is 53.4 Å². The van der Waals surface area contributed by atoms with Gasteiger partial charge in [-0.3, -0.25) is 4.79 Å². The summed E-state index contributed by atoms with van der Waals surface area (Å²) in [5, 5.41) is 9.53. The molecule has 2 aromatic rings. The molecule has 1 heterocycles. The molecule has 3 rings (SSSR count). The van der Waals surface area contributed by atoms with E-state index in [2.05, 4.69) is 0 Å². The standard InChI is InChI=1S/C19H21NO6S/c1-13-10-16(8-9-18(13)25-2)27(23,24)20-12-15(11-17(20)19(21)22)26-14-6-4-3-5-7-14/h3-10,15,17H,11-12H2,1-2H3,(H,21,22)/t15-,17-/m0/s1. The van der Waals surface area contributed by atoms with Gasteiger partial charge in [-0.15, -0.1) is 0 Å². The molecule has 0 saturated carbocycles. The fraction of sp³-hybridized carbons (Fsp3) is 0.316. The van der Waals surface area contributed by atoms with Crippen molar-refractivity contribution in [3.63, 3.8) is 0 Å².